The highest BCUT2D eigenvalue weighted by atomic mass is 32.2. The molecule has 2 aromatic rings. The summed E-state index contributed by atoms with van der Waals surface area (Å²) in [6.45, 7) is 2.04. The second kappa shape index (κ2) is 8.93. The number of rotatable bonds is 7. The molecule has 0 aliphatic heterocycles. The average molecular weight is 353 g/mol. The summed E-state index contributed by atoms with van der Waals surface area (Å²) in [5.74, 6) is -1.41. The molecule has 2 nitrogen and oxygen atoms in total. The number of carbonyl (C=O) groups excluding carboxylic acids is 1. The Balaban J connectivity index is 1.75. The topological polar surface area (TPSA) is 29.1 Å². The van der Waals surface area contributed by atoms with Gasteiger partial charge in [-0.2, -0.15) is 8.78 Å². The van der Waals surface area contributed by atoms with Crippen LogP contribution < -0.4 is 5.32 Å². The van der Waals surface area contributed by atoms with Crippen LogP contribution in [-0.2, 0) is 10.5 Å². The molecule has 0 aliphatic carbocycles. The molecular formula is C17H17F2NOS2. The Labute approximate surface area is 143 Å². The molecule has 0 heterocycles. The van der Waals surface area contributed by atoms with Gasteiger partial charge in [-0.1, -0.05) is 41.6 Å². The van der Waals surface area contributed by atoms with Crippen LogP contribution in [-0.4, -0.2) is 17.4 Å². The number of carbonyl (C=O) groups is 1. The Hall–Kier alpha value is -1.53. The number of halogens is 2. The van der Waals surface area contributed by atoms with E-state index in [1.807, 2.05) is 6.92 Å². The number of anilines is 1. The highest BCUT2D eigenvalue weighted by Crippen LogP contribution is 2.26. The van der Waals surface area contributed by atoms with Gasteiger partial charge in [0, 0.05) is 16.3 Å². The van der Waals surface area contributed by atoms with Crippen LogP contribution in [0.3, 0.4) is 0 Å². The first-order valence-electron chi connectivity index (χ1n) is 7.01. The van der Waals surface area contributed by atoms with Gasteiger partial charge in [0.1, 0.15) is 0 Å². The predicted octanol–water partition coefficient (Wildman–Crippen LogP) is 5.18. The molecule has 1 amide bonds. The van der Waals surface area contributed by atoms with Gasteiger partial charge in [-0.05, 0) is 36.8 Å². The monoisotopic (exact) mass is 353 g/mol. The second-order valence-electron chi connectivity index (χ2n) is 4.93. The van der Waals surface area contributed by atoms with Crippen molar-refractivity contribution in [3.63, 3.8) is 0 Å². The lowest BCUT2D eigenvalue weighted by Gasteiger charge is -2.07. The lowest BCUT2D eigenvalue weighted by molar-refractivity contribution is -0.113. The van der Waals surface area contributed by atoms with Crippen molar-refractivity contribution < 1.29 is 13.6 Å². The minimum absolute atomic E-state index is 0.101. The molecule has 0 saturated heterocycles. The number of amides is 1. The molecule has 0 unspecified atom stereocenters. The fourth-order valence-electron chi connectivity index (χ4n) is 1.86. The third kappa shape index (κ3) is 6.62. The van der Waals surface area contributed by atoms with Crippen LogP contribution >= 0.6 is 23.5 Å². The maximum absolute atomic E-state index is 12.2. The molecular weight excluding hydrogens is 336 g/mol. The van der Waals surface area contributed by atoms with Crippen molar-refractivity contribution in [3.8, 4) is 0 Å². The van der Waals surface area contributed by atoms with Crippen molar-refractivity contribution in [1.29, 1.82) is 0 Å². The Kier molecular flexibility index (Phi) is 6.92. The molecule has 0 aliphatic rings. The normalized spacial score (nSPS) is 10.8. The van der Waals surface area contributed by atoms with Gasteiger partial charge in [0.05, 0.1) is 5.75 Å². The van der Waals surface area contributed by atoms with Crippen molar-refractivity contribution in [1.82, 2.24) is 0 Å². The number of hydrogen-bond acceptors (Lipinski definition) is 3. The van der Waals surface area contributed by atoms with Gasteiger partial charge in [0.2, 0.25) is 5.91 Å². The SMILES string of the molecule is Cc1ccc(CSCC(=O)Nc2ccc(SC(F)F)cc2)cc1. The number of hydrogen-bond donors (Lipinski definition) is 1. The molecule has 0 bridgehead atoms. The van der Waals surface area contributed by atoms with Crippen LogP contribution in [0.5, 0.6) is 0 Å². The van der Waals surface area contributed by atoms with Crippen molar-refractivity contribution in [3.05, 3.63) is 59.7 Å². The van der Waals surface area contributed by atoms with Gasteiger partial charge in [-0.15, -0.1) is 11.8 Å². The predicted molar refractivity (Wildman–Crippen MR) is 94.3 cm³/mol. The average Bonchev–Trinajstić information content (AvgIpc) is 2.51. The Bertz CT molecular complexity index is 630. The van der Waals surface area contributed by atoms with Crippen molar-refractivity contribution >= 4 is 35.1 Å². The van der Waals surface area contributed by atoms with E-state index in [-0.39, 0.29) is 5.91 Å². The molecule has 0 fully saturated rings. The van der Waals surface area contributed by atoms with Crippen LogP contribution in [0.1, 0.15) is 11.1 Å². The van der Waals surface area contributed by atoms with Crippen LogP contribution in [0.4, 0.5) is 14.5 Å². The van der Waals surface area contributed by atoms with E-state index in [4.69, 9.17) is 0 Å². The van der Waals surface area contributed by atoms with Gasteiger partial charge in [0.15, 0.2) is 0 Å². The summed E-state index contributed by atoms with van der Waals surface area (Å²) in [7, 11) is 0. The maximum atomic E-state index is 12.2. The Morgan fingerprint density at radius 2 is 1.74 bits per heavy atom. The molecule has 0 spiro atoms. The summed E-state index contributed by atoms with van der Waals surface area (Å²) in [6, 6.07) is 14.6. The second-order valence-corrected chi connectivity index (χ2v) is 6.98. The summed E-state index contributed by atoms with van der Waals surface area (Å²) < 4.78 is 24.4. The van der Waals surface area contributed by atoms with Crippen molar-refractivity contribution in [2.45, 2.75) is 23.3 Å². The zero-order valence-electron chi connectivity index (χ0n) is 12.6. The lowest BCUT2D eigenvalue weighted by Crippen LogP contribution is -2.14. The molecule has 2 aromatic carbocycles. The number of nitrogens with one attached hydrogen (secondary N) is 1. The summed E-state index contributed by atoms with van der Waals surface area (Å²) in [5, 5.41) is 2.76. The summed E-state index contributed by atoms with van der Waals surface area (Å²) in [4.78, 5) is 12.3. The molecule has 0 radical (unpaired) electrons. The van der Waals surface area contributed by atoms with E-state index in [0.29, 0.717) is 28.1 Å². The van der Waals surface area contributed by atoms with E-state index in [9.17, 15) is 13.6 Å². The third-order valence-electron chi connectivity index (χ3n) is 2.99. The molecule has 0 atom stereocenters. The van der Waals surface area contributed by atoms with Crippen LogP contribution in [0.2, 0.25) is 0 Å². The van der Waals surface area contributed by atoms with Crippen LogP contribution in [0.25, 0.3) is 0 Å². The van der Waals surface area contributed by atoms with Gasteiger partial charge in [-0.25, -0.2) is 0 Å². The zero-order valence-corrected chi connectivity index (χ0v) is 14.2. The first kappa shape index (κ1) is 17.8. The highest BCUT2D eigenvalue weighted by Gasteiger charge is 2.06. The molecule has 122 valence electrons. The fraction of sp³-hybridized carbons (Fsp3) is 0.235. The Morgan fingerprint density at radius 3 is 2.35 bits per heavy atom. The number of alkyl halides is 2. The molecule has 0 saturated carbocycles. The quantitative estimate of drug-likeness (QED) is 0.695. The molecule has 6 heteroatoms. The number of thioether (sulfide) groups is 2. The largest absolute Gasteiger partial charge is 0.325 e. The number of benzene rings is 2. The number of aryl methyl sites for hydroxylation is 1. The van der Waals surface area contributed by atoms with E-state index in [1.165, 1.54) is 22.9 Å². The molecule has 23 heavy (non-hydrogen) atoms. The van der Waals surface area contributed by atoms with Gasteiger partial charge < -0.3 is 5.32 Å². The van der Waals surface area contributed by atoms with Gasteiger partial charge >= 0.3 is 0 Å². The fourth-order valence-corrected chi connectivity index (χ4v) is 3.15. The van der Waals surface area contributed by atoms with E-state index in [2.05, 4.69) is 29.6 Å². The van der Waals surface area contributed by atoms with Crippen molar-refractivity contribution in [2.75, 3.05) is 11.1 Å². The van der Waals surface area contributed by atoms with Crippen molar-refractivity contribution in [2.24, 2.45) is 0 Å². The van der Waals surface area contributed by atoms with Gasteiger partial charge in [0.25, 0.3) is 5.76 Å². The molecule has 1 N–H and O–H groups in total. The highest BCUT2D eigenvalue weighted by molar-refractivity contribution is 7.99. The molecule has 0 aromatic heterocycles. The Morgan fingerprint density at radius 1 is 1.09 bits per heavy atom. The lowest BCUT2D eigenvalue weighted by atomic mass is 10.2. The minimum Gasteiger partial charge on any atom is -0.325 e. The van der Waals surface area contributed by atoms with Crippen LogP contribution in [0.15, 0.2) is 53.4 Å². The van der Waals surface area contributed by atoms with E-state index in [0.717, 1.165) is 5.75 Å². The third-order valence-corrected chi connectivity index (χ3v) is 4.71. The summed E-state index contributed by atoms with van der Waals surface area (Å²) in [6.07, 6.45) is 0. The van der Waals surface area contributed by atoms with E-state index < -0.39 is 5.76 Å². The van der Waals surface area contributed by atoms with Gasteiger partial charge in [-0.3, -0.25) is 4.79 Å². The maximum Gasteiger partial charge on any atom is 0.288 e. The minimum atomic E-state index is -2.44. The molecule has 2 rings (SSSR count). The van der Waals surface area contributed by atoms with Crippen LogP contribution in [0, 0.1) is 6.92 Å². The van der Waals surface area contributed by atoms with E-state index >= 15 is 0 Å². The van der Waals surface area contributed by atoms with E-state index in [1.54, 1.807) is 24.3 Å². The summed E-state index contributed by atoms with van der Waals surface area (Å²) in [5.41, 5.74) is 3.01. The zero-order chi connectivity index (χ0) is 16.7. The summed E-state index contributed by atoms with van der Waals surface area (Å²) >= 11 is 2.02. The first-order valence-corrected chi connectivity index (χ1v) is 9.04. The smallest absolute Gasteiger partial charge is 0.288 e. The standard InChI is InChI=1S/C17H17F2NOS2/c1-12-2-4-13(5-3-12)10-22-11-16(21)20-14-6-8-15(9-7-14)23-17(18)19/h2-9,17H,10-11H2,1H3,(H,20,21). The first-order chi connectivity index (χ1) is 11.0.